The Morgan fingerprint density at radius 3 is 3.05 bits per heavy atom. The first-order valence-electron chi connectivity index (χ1n) is 6.32. The van der Waals surface area contributed by atoms with Gasteiger partial charge in [0.25, 0.3) is 0 Å². The van der Waals surface area contributed by atoms with Crippen LogP contribution in [-0.2, 0) is 11.5 Å². The van der Waals surface area contributed by atoms with Gasteiger partial charge < -0.3 is 9.30 Å². The summed E-state index contributed by atoms with van der Waals surface area (Å²) in [6, 6.07) is 6.45. The predicted octanol–water partition coefficient (Wildman–Crippen LogP) is 2.94. The largest absolute Gasteiger partial charge is 0.364 e. The molecule has 0 amide bonds. The normalized spacial score (nSPS) is 10.8. The summed E-state index contributed by atoms with van der Waals surface area (Å²) in [4.78, 5) is 16.5. The van der Waals surface area contributed by atoms with Crippen molar-refractivity contribution >= 4 is 28.0 Å². The third-order valence-corrected chi connectivity index (χ3v) is 4.02. The van der Waals surface area contributed by atoms with E-state index in [4.69, 9.17) is 10.00 Å². The molecule has 3 rings (SSSR count). The van der Waals surface area contributed by atoms with Crippen molar-refractivity contribution in [3.63, 3.8) is 0 Å². The number of para-hydroxylation sites is 1. The highest BCUT2D eigenvalue weighted by Gasteiger charge is 2.21. The summed E-state index contributed by atoms with van der Waals surface area (Å²) < 4.78 is 20.6. The molecule has 0 atom stereocenters. The summed E-state index contributed by atoms with van der Waals surface area (Å²) in [6.07, 6.45) is 1.55. The van der Waals surface area contributed by atoms with E-state index in [0.717, 1.165) is 11.3 Å². The number of fused-ring (bicyclic) bond motifs is 1. The van der Waals surface area contributed by atoms with Gasteiger partial charge in [-0.1, -0.05) is 12.1 Å². The fraction of sp³-hybridized carbons (Fsp3) is 0.133. The standard InChI is InChI=1S/C15H10FN3O2S/c1-21-8-19-6-11(10-3-2-4-12(16)13(10)19)14(20)15-18-9(5-17)7-22-15/h2-4,6-7H,8H2,1H3. The first-order chi connectivity index (χ1) is 10.7. The Labute approximate surface area is 129 Å². The maximum Gasteiger partial charge on any atom is 0.223 e. The van der Waals surface area contributed by atoms with Crippen LogP contribution in [0.15, 0.2) is 29.8 Å². The third kappa shape index (κ3) is 2.28. The van der Waals surface area contributed by atoms with Gasteiger partial charge in [0.2, 0.25) is 5.78 Å². The Morgan fingerprint density at radius 2 is 2.36 bits per heavy atom. The van der Waals surface area contributed by atoms with E-state index in [2.05, 4.69) is 4.98 Å². The smallest absolute Gasteiger partial charge is 0.223 e. The summed E-state index contributed by atoms with van der Waals surface area (Å²) in [6.45, 7) is 0.131. The first kappa shape index (κ1) is 14.4. The number of ether oxygens (including phenoxy) is 1. The molecule has 2 aromatic heterocycles. The number of aromatic nitrogens is 2. The summed E-state index contributed by atoms with van der Waals surface area (Å²) in [5.41, 5.74) is 0.843. The molecule has 22 heavy (non-hydrogen) atoms. The Kier molecular flexibility index (Phi) is 3.71. The van der Waals surface area contributed by atoms with Crippen molar-refractivity contribution in [1.29, 1.82) is 5.26 Å². The van der Waals surface area contributed by atoms with Gasteiger partial charge in [-0.05, 0) is 6.07 Å². The third-order valence-electron chi connectivity index (χ3n) is 3.17. The molecule has 0 spiro atoms. The van der Waals surface area contributed by atoms with Crippen LogP contribution in [0.4, 0.5) is 4.39 Å². The molecule has 110 valence electrons. The number of ketones is 1. The van der Waals surface area contributed by atoms with Crippen molar-refractivity contribution in [1.82, 2.24) is 9.55 Å². The molecule has 0 saturated heterocycles. The summed E-state index contributed by atoms with van der Waals surface area (Å²) in [5, 5.41) is 11.0. The van der Waals surface area contributed by atoms with E-state index < -0.39 is 5.82 Å². The molecule has 0 aliphatic rings. The Hall–Kier alpha value is -2.56. The Morgan fingerprint density at radius 1 is 1.55 bits per heavy atom. The minimum absolute atomic E-state index is 0.131. The summed E-state index contributed by atoms with van der Waals surface area (Å²) in [5.74, 6) is -0.762. The van der Waals surface area contributed by atoms with Crippen LogP contribution in [0.25, 0.3) is 10.9 Å². The highest BCUT2D eigenvalue weighted by molar-refractivity contribution is 7.12. The molecule has 0 saturated carbocycles. The molecule has 2 heterocycles. The van der Waals surface area contributed by atoms with Crippen LogP contribution in [0.2, 0.25) is 0 Å². The monoisotopic (exact) mass is 315 g/mol. The number of benzene rings is 1. The van der Waals surface area contributed by atoms with Crippen molar-refractivity contribution in [3.05, 3.63) is 51.9 Å². The number of methoxy groups -OCH3 is 1. The van der Waals surface area contributed by atoms with Crippen molar-refractivity contribution in [3.8, 4) is 6.07 Å². The van der Waals surface area contributed by atoms with Gasteiger partial charge in [0.05, 0.1) is 11.1 Å². The highest BCUT2D eigenvalue weighted by atomic mass is 32.1. The van der Waals surface area contributed by atoms with Gasteiger partial charge in [-0.3, -0.25) is 4.79 Å². The van der Waals surface area contributed by atoms with Crippen LogP contribution in [0.3, 0.4) is 0 Å². The Balaban J connectivity index is 2.16. The molecule has 5 nitrogen and oxygen atoms in total. The van der Waals surface area contributed by atoms with E-state index in [9.17, 15) is 9.18 Å². The first-order valence-corrected chi connectivity index (χ1v) is 7.20. The SMILES string of the molecule is COCn1cc(C(=O)c2nc(C#N)cs2)c2cccc(F)c21. The van der Waals surface area contributed by atoms with Gasteiger partial charge in [0.1, 0.15) is 18.6 Å². The van der Waals surface area contributed by atoms with Crippen LogP contribution in [0, 0.1) is 17.1 Å². The zero-order chi connectivity index (χ0) is 15.7. The second-order valence-electron chi connectivity index (χ2n) is 4.55. The van der Waals surface area contributed by atoms with Gasteiger partial charge in [0, 0.05) is 24.1 Å². The van der Waals surface area contributed by atoms with Gasteiger partial charge in [-0.2, -0.15) is 5.26 Å². The van der Waals surface area contributed by atoms with Crippen LogP contribution >= 0.6 is 11.3 Å². The zero-order valence-corrected chi connectivity index (χ0v) is 12.4. The van der Waals surface area contributed by atoms with E-state index in [1.165, 1.54) is 23.1 Å². The average Bonchev–Trinajstić information content (AvgIpc) is 3.13. The van der Waals surface area contributed by atoms with Gasteiger partial charge >= 0.3 is 0 Å². The number of nitriles is 1. The maximum absolute atomic E-state index is 14.1. The lowest BCUT2D eigenvalue weighted by Gasteiger charge is -2.03. The number of hydrogen-bond acceptors (Lipinski definition) is 5. The number of nitrogens with zero attached hydrogens (tertiary/aromatic N) is 3. The fourth-order valence-corrected chi connectivity index (χ4v) is 2.98. The molecule has 0 bridgehead atoms. The molecular formula is C15H10FN3O2S. The van der Waals surface area contributed by atoms with Crippen molar-refractivity contribution < 1.29 is 13.9 Å². The molecule has 0 fully saturated rings. The topological polar surface area (TPSA) is 67.9 Å². The number of halogens is 1. The maximum atomic E-state index is 14.1. The predicted molar refractivity (Wildman–Crippen MR) is 79.2 cm³/mol. The van der Waals surface area contributed by atoms with Crippen molar-refractivity contribution in [2.45, 2.75) is 6.73 Å². The van der Waals surface area contributed by atoms with Crippen LogP contribution in [0.1, 0.15) is 21.1 Å². The van der Waals surface area contributed by atoms with Gasteiger partial charge in [-0.15, -0.1) is 11.3 Å². The van der Waals surface area contributed by atoms with Crippen LogP contribution in [0.5, 0.6) is 0 Å². The highest BCUT2D eigenvalue weighted by Crippen LogP contribution is 2.27. The Bertz CT molecular complexity index is 907. The number of hydrogen-bond donors (Lipinski definition) is 0. The molecule has 7 heteroatoms. The van der Waals surface area contributed by atoms with E-state index in [0.29, 0.717) is 16.5 Å². The summed E-state index contributed by atoms with van der Waals surface area (Å²) >= 11 is 1.10. The quantitative estimate of drug-likeness (QED) is 0.694. The van der Waals surface area contributed by atoms with Crippen molar-refractivity contribution in [2.75, 3.05) is 7.11 Å². The van der Waals surface area contributed by atoms with Crippen molar-refractivity contribution in [2.24, 2.45) is 0 Å². The molecule has 0 aliphatic carbocycles. The number of carbonyl (C=O) groups is 1. The van der Waals surface area contributed by atoms with Crippen LogP contribution < -0.4 is 0 Å². The minimum Gasteiger partial charge on any atom is -0.364 e. The second-order valence-corrected chi connectivity index (χ2v) is 5.40. The minimum atomic E-state index is -0.426. The van der Waals surface area contributed by atoms with Crippen LogP contribution in [-0.4, -0.2) is 22.4 Å². The fourth-order valence-electron chi connectivity index (χ4n) is 2.28. The lowest BCUT2D eigenvalue weighted by molar-refractivity contribution is 0.103. The van der Waals surface area contributed by atoms with E-state index in [1.54, 1.807) is 18.3 Å². The number of thiazole rings is 1. The molecular weight excluding hydrogens is 305 g/mol. The van der Waals surface area contributed by atoms with Gasteiger partial charge in [-0.25, -0.2) is 9.37 Å². The lowest BCUT2D eigenvalue weighted by Crippen LogP contribution is -2.01. The average molecular weight is 315 g/mol. The number of rotatable bonds is 4. The zero-order valence-electron chi connectivity index (χ0n) is 11.5. The number of carbonyl (C=O) groups excluding carboxylic acids is 1. The van der Waals surface area contributed by atoms with E-state index >= 15 is 0 Å². The lowest BCUT2D eigenvalue weighted by atomic mass is 10.1. The van der Waals surface area contributed by atoms with E-state index in [1.807, 2.05) is 6.07 Å². The second kappa shape index (κ2) is 5.67. The molecule has 0 unspecified atom stereocenters. The van der Waals surface area contributed by atoms with Gasteiger partial charge in [0.15, 0.2) is 10.7 Å². The molecule has 3 aromatic rings. The molecule has 0 aliphatic heterocycles. The van der Waals surface area contributed by atoms with E-state index in [-0.39, 0.29) is 23.2 Å². The molecule has 0 N–H and O–H groups in total. The summed E-state index contributed by atoms with van der Waals surface area (Å²) in [7, 11) is 1.49. The molecule has 0 radical (unpaired) electrons. The molecule has 1 aromatic carbocycles.